The van der Waals surface area contributed by atoms with Crippen molar-refractivity contribution in [2.24, 2.45) is 0 Å². The van der Waals surface area contributed by atoms with Crippen LogP contribution in [0.3, 0.4) is 0 Å². The van der Waals surface area contributed by atoms with Gasteiger partial charge in [-0.25, -0.2) is 17.6 Å². The van der Waals surface area contributed by atoms with Gasteiger partial charge in [-0.05, 0) is 64.1 Å². The summed E-state index contributed by atoms with van der Waals surface area (Å²) in [5.74, 6) is -0.334. The van der Waals surface area contributed by atoms with Crippen LogP contribution in [0.4, 0.5) is 17.6 Å². The molecule has 0 bridgehead atoms. The van der Waals surface area contributed by atoms with Crippen molar-refractivity contribution < 1.29 is 50.7 Å². The molecule has 2 atom stereocenters. The van der Waals surface area contributed by atoms with Crippen molar-refractivity contribution in [1.29, 1.82) is 0 Å². The predicted octanol–water partition coefficient (Wildman–Crippen LogP) is 7.08. The molecule has 7 nitrogen and oxygen atoms in total. The van der Waals surface area contributed by atoms with Crippen molar-refractivity contribution in [3.63, 3.8) is 0 Å². The first-order valence-electron chi connectivity index (χ1n) is 12.2. The van der Waals surface area contributed by atoms with Crippen LogP contribution >= 0.6 is 15.9 Å². The maximum atomic E-state index is 12.9. The molecule has 39 heavy (non-hydrogen) atoms. The van der Waals surface area contributed by atoms with E-state index in [2.05, 4.69) is 15.9 Å². The smallest absolute Gasteiger partial charge is 0.267 e. The zero-order valence-corrected chi connectivity index (χ0v) is 23.9. The zero-order chi connectivity index (χ0) is 28.8. The second kappa shape index (κ2) is 13.5. The first-order chi connectivity index (χ1) is 18.3. The lowest BCUT2D eigenvalue weighted by Crippen LogP contribution is -2.25. The molecule has 0 amide bonds. The molecule has 0 aliphatic carbocycles. The fourth-order valence-corrected chi connectivity index (χ4v) is 4.24. The Morgan fingerprint density at radius 1 is 0.795 bits per heavy atom. The minimum Gasteiger partial charge on any atom is -0.496 e. The van der Waals surface area contributed by atoms with Gasteiger partial charge in [0.2, 0.25) is 0 Å². The Morgan fingerprint density at radius 2 is 1.26 bits per heavy atom. The van der Waals surface area contributed by atoms with Gasteiger partial charge in [0.1, 0.15) is 42.7 Å². The number of rotatable bonds is 9. The second-order valence-electron chi connectivity index (χ2n) is 9.71. The molecule has 4 rings (SSSR count). The summed E-state index contributed by atoms with van der Waals surface area (Å²) in [4.78, 5) is 0. The van der Waals surface area contributed by atoms with Gasteiger partial charge in [-0.2, -0.15) is 0 Å². The van der Waals surface area contributed by atoms with Crippen LogP contribution in [0.2, 0.25) is 0 Å². The number of hydrogen-bond acceptors (Lipinski definition) is 7. The molecular weight excluding hydrogens is 592 g/mol. The molecule has 12 heteroatoms. The molecule has 0 saturated carbocycles. The van der Waals surface area contributed by atoms with Gasteiger partial charge >= 0.3 is 0 Å². The van der Waals surface area contributed by atoms with Crippen LogP contribution in [0, 0.1) is 0 Å². The molecule has 2 saturated heterocycles. The SMILES string of the molecule is CC1(C)OC[C@H](COc2ccc(Br)c(C(F)F)c2)O1.COc1ccc(OC[C@H]2COC(C)(C)O2)cc1C(F)F. The van der Waals surface area contributed by atoms with E-state index in [-0.39, 0.29) is 42.3 Å². The molecule has 2 fully saturated rings. The Balaban J connectivity index is 0.000000216. The quantitative estimate of drug-likeness (QED) is 0.276. The summed E-state index contributed by atoms with van der Waals surface area (Å²) < 4.78 is 89.3. The van der Waals surface area contributed by atoms with Gasteiger partial charge < -0.3 is 33.2 Å². The molecule has 2 aromatic rings. The molecule has 0 radical (unpaired) electrons. The van der Waals surface area contributed by atoms with Crippen LogP contribution in [0.1, 0.15) is 51.7 Å². The van der Waals surface area contributed by atoms with Crippen LogP contribution in [-0.4, -0.2) is 57.3 Å². The Kier molecular flexibility index (Phi) is 10.9. The Labute approximate surface area is 233 Å². The molecule has 2 aliphatic heterocycles. The normalized spacial score (nSPS) is 21.5. The third-order valence-electron chi connectivity index (χ3n) is 5.65. The highest BCUT2D eigenvalue weighted by Crippen LogP contribution is 2.33. The van der Waals surface area contributed by atoms with Crippen LogP contribution in [0.5, 0.6) is 17.2 Å². The average Bonchev–Trinajstić information content (AvgIpc) is 3.41. The van der Waals surface area contributed by atoms with Crippen LogP contribution in [0.25, 0.3) is 0 Å². The molecular formula is C27H33BrF4O7. The van der Waals surface area contributed by atoms with Crippen LogP contribution in [-0.2, 0) is 18.9 Å². The van der Waals surface area contributed by atoms with Crippen molar-refractivity contribution in [2.45, 2.75) is 64.3 Å². The number of ether oxygens (including phenoxy) is 7. The van der Waals surface area contributed by atoms with E-state index in [9.17, 15) is 17.6 Å². The molecule has 0 N–H and O–H groups in total. The highest BCUT2D eigenvalue weighted by atomic mass is 79.9. The van der Waals surface area contributed by atoms with Crippen molar-refractivity contribution in [2.75, 3.05) is 33.5 Å². The highest BCUT2D eigenvalue weighted by Gasteiger charge is 2.34. The molecule has 218 valence electrons. The fraction of sp³-hybridized carbons (Fsp3) is 0.556. The number of halogens is 5. The first kappa shape index (κ1) is 31.4. The van der Waals surface area contributed by atoms with E-state index in [0.717, 1.165) is 0 Å². The summed E-state index contributed by atoms with van der Waals surface area (Å²) >= 11 is 3.08. The third-order valence-corrected chi connectivity index (χ3v) is 6.37. The molecule has 2 heterocycles. The maximum absolute atomic E-state index is 12.9. The minimum absolute atomic E-state index is 0.0820. The van der Waals surface area contributed by atoms with Crippen molar-refractivity contribution in [1.82, 2.24) is 0 Å². The lowest BCUT2D eigenvalue weighted by molar-refractivity contribution is -0.141. The van der Waals surface area contributed by atoms with Gasteiger partial charge in [-0.15, -0.1) is 0 Å². The molecule has 2 aromatic carbocycles. The van der Waals surface area contributed by atoms with Crippen LogP contribution in [0.15, 0.2) is 40.9 Å². The number of alkyl halides is 4. The lowest BCUT2D eigenvalue weighted by Gasteiger charge is -2.17. The minimum atomic E-state index is -2.61. The van der Waals surface area contributed by atoms with Gasteiger partial charge in [-0.1, -0.05) is 15.9 Å². The van der Waals surface area contributed by atoms with Crippen molar-refractivity contribution >= 4 is 15.9 Å². The molecule has 0 unspecified atom stereocenters. The van der Waals surface area contributed by atoms with E-state index in [4.69, 9.17) is 33.2 Å². The highest BCUT2D eigenvalue weighted by molar-refractivity contribution is 9.10. The standard InChI is InChI=1S/C14H18F2O4.C13H15BrF2O3/c1-14(2)19-8-10(20-14)7-18-9-4-5-12(17-3)11(6-9)13(15)16;1-13(2)18-7-9(19-13)6-17-8-3-4-11(14)10(5-8)12(15)16/h4-6,10,13H,7-8H2,1-3H3;3-5,9,12H,6-7H2,1-2H3/t10-;9-/m00/s1. The van der Waals surface area contributed by atoms with Gasteiger partial charge in [0, 0.05) is 10.0 Å². The van der Waals surface area contributed by atoms with Gasteiger partial charge in [-0.3, -0.25) is 0 Å². The summed E-state index contributed by atoms with van der Waals surface area (Å²) in [5, 5.41) is 0. The Morgan fingerprint density at radius 3 is 1.67 bits per heavy atom. The molecule has 2 aliphatic rings. The topological polar surface area (TPSA) is 64.6 Å². The van der Waals surface area contributed by atoms with Gasteiger partial charge in [0.15, 0.2) is 11.6 Å². The Hall–Kier alpha value is -2.12. The van der Waals surface area contributed by atoms with Crippen molar-refractivity contribution in [3.05, 3.63) is 52.0 Å². The number of benzene rings is 2. The fourth-order valence-electron chi connectivity index (χ4n) is 3.82. The zero-order valence-electron chi connectivity index (χ0n) is 22.3. The maximum Gasteiger partial charge on any atom is 0.267 e. The second-order valence-corrected chi connectivity index (χ2v) is 10.6. The average molecular weight is 625 g/mol. The number of hydrogen-bond donors (Lipinski definition) is 0. The van der Waals surface area contributed by atoms with E-state index < -0.39 is 24.4 Å². The predicted molar refractivity (Wildman–Crippen MR) is 138 cm³/mol. The van der Waals surface area contributed by atoms with E-state index in [0.29, 0.717) is 29.2 Å². The summed E-state index contributed by atoms with van der Waals surface area (Å²) in [6, 6.07) is 8.85. The molecule has 0 spiro atoms. The van der Waals surface area contributed by atoms with Gasteiger partial charge in [0.25, 0.3) is 12.9 Å². The van der Waals surface area contributed by atoms with Crippen molar-refractivity contribution in [3.8, 4) is 17.2 Å². The summed E-state index contributed by atoms with van der Waals surface area (Å²) in [6.07, 6.45) is -5.54. The first-order valence-corrected chi connectivity index (χ1v) is 13.0. The summed E-state index contributed by atoms with van der Waals surface area (Å²) in [6.45, 7) is 8.65. The number of methoxy groups -OCH3 is 1. The summed E-state index contributed by atoms with van der Waals surface area (Å²) in [7, 11) is 1.35. The Bertz CT molecular complexity index is 1080. The van der Waals surface area contributed by atoms with Gasteiger partial charge in [0.05, 0.1) is 25.9 Å². The monoisotopic (exact) mass is 624 g/mol. The lowest BCUT2D eigenvalue weighted by atomic mass is 10.2. The third kappa shape index (κ3) is 9.49. The van der Waals surface area contributed by atoms with E-state index in [1.807, 2.05) is 27.7 Å². The molecule has 0 aromatic heterocycles. The van der Waals surface area contributed by atoms with Crippen LogP contribution < -0.4 is 14.2 Å². The summed E-state index contributed by atoms with van der Waals surface area (Å²) in [5.41, 5.74) is -0.268. The largest absolute Gasteiger partial charge is 0.496 e. The van der Waals surface area contributed by atoms with E-state index in [1.165, 1.54) is 25.3 Å². The van der Waals surface area contributed by atoms with E-state index in [1.54, 1.807) is 18.2 Å². The van der Waals surface area contributed by atoms with E-state index >= 15 is 0 Å².